The fraction of sp³-hybridized carbons (Fsp3) is 0.455. The van der Waals surface area contributed by atoms with Crippen LogP contribution in [0.3, 0.4) is 0 Å². The number of hydrogen-bond donors (Lipinski definition) is 1. The quantitative estimate of drug-likeness (QED) is 0.763. The smallest absolute Gasteiger partial charge is 0.164 e. The minimum Gasteiger partial charge on any atom is -0.494 e. The molecule has 0 unspecified atom stereocenters. The zero-order valence-corrected chi connectivity index (χ0v) is 9.98. The monoisotopic (exact) mass is 227 g/mol. The number of ether oxygens (including phenoxy) is 3. The molecule has 0 saturated heterocycles. The van der Waals surface area contributed by atoms with Gasteiger partial charge >= 0.3 is 0 Å². The molecule has 0 spiro atoms. The molecule has 0 radical (unpaired) electrons. The van der Waals surface area contributed by atoms with E-state index in [2.05, 4.69) is 0 Å². The average molecular weight is 227 g/mol. The molecule has 1 aromatic carbocycles. The number of aliphatic hydroxyl groups is 1. The van der Waals surface area contributed by atoms with Gasteiger partial charge in [-0.05, 0) is 0 Å². The van der Waals surface area contributed by atoms with Gasteiger partial charge in [-0.1, -0.05) is 0 Å². The standard InChI is InChI=1S/C11H17NO4/c1-12(7-13)8-5-10(15-3)11(16-4)6-9(8)14-2/h5-6,13H,7H2,1-4H3. The molecule has 1 rings (SSSR count). The van der Waals surface area contributed by atoms with Crippen LogP contribution in [0.4, 0.5) is 5.69 Å². The maximum Gasteiger partial charge on any atom is 0.164 e. The summed E-state index contributed by atoms with van der Waals surface area (Å²) in [5, 5.41) is 9.10. The van der Waals surface area contributed by atoms with Crippen LogP contribution >= 0.6 is 0 Å². The number of benzene rings is 1. The molecule has 5 nitrogen and oxygen atoms in total. The first-order valence-electron chi connectivity index (χ1n) is 4.80. The van der Waals surface area contributed by atoms with Gasteiger partial charge in [-0.15, -0.1) is 0 Å². The zero-order chi connectivity index (χ0) is 12.1. The first-order chi connectivity index (χ1) is 7.67. The molecular formula is C11H17NO4. The first-order valence-corrected chi connectivity index (χ1v) is 4.80. The van der Waals surface area contributed by atoms with Gasteiger partial charge in [0, 0.05) is 19.2 Å². The summed E-state index contributed by atoms with van der Waals surface area (Å²) in [6.45, 7) is -0.105. The summed E-state index contributed by atoms with van der Waals surface area (Å²) in [4.78, 5) is 1.64. The summed E-state index contributed by atoms with van der Waals surface area (Å²) in [6, 6.07) is 3.48. The molecule has 0 heterocycles. The van der Waals surface area contributed by atoms with Crippen molar-refractivity contribution in [3.8, 4) is 17.2 Å². The maximum absolute atomic E-state index is 9.10. The second-order valence-corrected chi connectivity index (χ2v) is 3.22. The van der Waals surface area contributed by atoms with E-state index >= 15 is 0 Å². The minimum atomic E-state index is -0.105. The number of methoxy groups -OCH3 is 3. The van der Waals surface area contributed by atoms with Crippen molar-refractivity contribution < 1.29 is 19.3 Å². The molecule has 1 aromatic rings. The van der Waals surface area contributed by atoms with Crippen molar-refractivity contribution in [2.45, 2.75) is 0 Å². The van der Waals surface area contributed by atoms with E-state index in [0.717, 1.165) is 5.69 Å². The Balaban J connectivity index is 3.25. The molecule has 0 fully saturated rings. The van der Waals surface area contributed by atoms with Gasteiger partial charge < -0.3 is 24.2 Å². The minimum absolute atomic E-state index is 0.105. The van der Waals surface area contributed by atoms with E-state index in [1.165, 1.54) is 0 Å². The molecule has 0 aliphatic rings. The van der Waals surface area contributed by atoms with Crippen LogP contribution in [-0.2, 0) is 0 Å². The highest BCUT2D eigenvalue weighted by Crippen LogP contribution is 2.39. The van der Waals surface area contributed by atoms with E-state index in [9.17, 15) is 0 Å². The van der Waals surface area contributed by atoms with E-state index < -0.39 is 0 Å². The van der Waals surface area contributed by atoms with Gasteiger partial charge in [0.25, 0.3) is 0 Å². The number of hydrogen-bond acceptors (Lipinski definition) is 5. The molecule has 0 aliphatic heterocycles. The van der Waals surface area contributed by atoms with Crippen molar-refractivity contribution in [1.82, 2.24) is 0 Å². The molecule has 0 aromatic heterocycles. The molecule has 0 atom stereocenters. The summed E-state index contributed by atoms with van der Waals surface area (Å²) in [5.74, 6) is 1.81. The Morgan fingerprint density at radius 3 is 1.94 bits per heavy atom. The molecule has 0 amide bonds. The summed E-state index contributed by atoms with van der Waals surface area (Å²) in [6.07, 6.45) is 0. The predicted octanol–water partition coefficient (Wildman–Crippen LogP) is 1.10. The van der Waals surface area contributed by atoms with Crippen LogP contribution in [0.25, 0.3) is 0 Å². The Bertz CT molecular complexity index is 354. The van der Waals surface area contributed by atoms with E-state index in [0.29, 0.717) is 17.2 Å². The van der Waals surface area contributed by atoms with Crippen molar-refractivity contribution in [3.63, 3.8) is 0 Å². The first kappa shape index (κ1) is 12.4. The Labute approximate surface area is 95.2 Å². The maximum atomic E-state index is 9.10. The SMILES string of the molecule is COc1cc(OC)c(N(C)CO)cc1OC. The molecule has 0 saturated carbocycles. The molecule has 0 aliphatic carbocycles. The fourth-order valence-corrected chi connectivity index (χ4v) is 1.39. The fourth-order valence-electron chi connectivity index (χ4n) is 1.39. The van der Waals surface area contributed by atoms with Crippen molar-refractivity contribution in [2.75, 3.05) is 40.0 Å². The van der Waals surface area contributed by atoms with Crippen LogP contribution in [0.5, 0.6) is 17.2 Å². The van der Waals surface area contributed by atoms with Gasteiger partial charge in [0.15, 0.2) is 11.5 Å². The Kier molecular flexibility index (Phi) is 4.25. The van der Waals surface area contributed by atoms with Crippen LogP contribution in [-0.4, -0.2) is 40.2 Å². The van der Waals surface area contributed by atoms with Gasteiger partial charge in [0.1, 0.15) is 12.5 Å². The molecule has 0 bridgehead atoms. The Hall–Kier alpha value is -1.62. The highest BCUT2D eigenvalue weighted by molar-refractivity contribution is 5.65. The van der Waals surface area contributed by atoms with E-state index in [1.54, 1.807) is 45.4 Å². The molecule has 5 heteroatoms. The van der Waals surface area contributed by atoms with Crippen molar-refractivity contribution in [3.05, 3.63) is 12.1 Å². The number of aliphatic hydroxyl groups excluding tert-OH is 1. The third kappa shape index (κ3) is 2.30. The highest BCUT2D eigenvalue weighted by atomic mass is 16.5. The van der Waals surface area contributed by atoms with Crippen LogP contribution in [0, 0.1) is 0 Å². The summed E-state index contributed by atoms with van der Waals surface area (Å²) < 4.78 is 15.6. The lowest BCUT2D eigenvalue weighted by Crippen LogP contribution is -2.18. The molecular weight excluding hydrogens is 210 g/mol. The second-order valence-electron chi connectivity index (χ2n) is 3.22. The zero-order valence-electron chi connectivity index (χ0n) is 9.98. The number of nitrogens with zero attached hydrogens (tertiary/aromatic N) is 1. The summed E-state index contributed by atoms with van der Waals surface area (Å²) >= 11 is 0. The third-order valence-corrected chi connectivity index (χ3v) is 2.31. The van der Waals surface area contributed by atoms with E-state index in [4.69, 9.17) is 19.3 Å². The topological polar surface area (TPSA) is 51.2 Å². The lowest BCUT2D eigenvalue weighted by Gasteiger charge is -2.21. The molecule has 90 valence electrons. The van der Waals surface area contributed by atoms with Crippen LogP contribution < -0.4 is 19.1 Å². The second kappa shape index (κ2) is 5.46. The lowest BCUT2D eigenvalue weighted by molar-refractivity contribution is 0.296. The summed E-state index contributed by atoms with van der Waals surface area (Å²) in [5.41, 5.74) is 0.739. The van der Waals surface area contributed by atoms with Crippen LogP contribution in [0.2, 0.25) is 0 Å². The lowest BCUT2D eigenvalue weighted by atomic mass is 10.2. The summed E-state index contributed by atoms with van der Waals surface area (Å²) in [7, 11) is 6.44. The van der Waals surface area contributed by atoms with Crippen LogP contribution in [0.15, 0.2) is 12.1 Å². The van der Waals surface area contributed by atoms with E-state index in [1.807, 2.05) is 0 Å². The highest BCUT2D eigenvalue weighted by Gasteiger charge is 2.14. The van der Waals surface area contributed by atoms with Crippen molar-refractivity contribution >= 4 is 5.69 Å². The van der Waals surface area contributed by atoms with E-state index in [-0.39, 0.29) is 6.73 Å². The predicted molar refractivity (Wildman–Crippen MR) is 61.6 cm³/mol. The largest absolute Gasteiger partial charge is 0.494 e. The van der Waals surface area contributed by atoms with Gasteiger partial charge in [-0.25, -0.2) is 0 Å². The van der Waals surface area contributed by atoms with Crippen molar-refractivity contribution in [2.24, 2.45) is 0 Å². The number of rotatable bonds is 5. The average Bonchev–Trinajstić information content (AvgIpc) is 2.35. The van der Waals surface area contributed by atoms with Gasteiger partial charge in [-0.2, -0.15) is 0 Å². The Morgan fingerprint density at radius 2 is 1.50 bits per heavy atom. The molecule has 1 N–H and O–H groups in total. The van der Waals surface area contributed by atoms with Crippen molar-refractivity contribution in [1.29, 1.82) is 0 Å². The van der Waals surface area contributed by atoms with Gasteiger partial charge in [0.05, 0.1) is 27.0 Å². The normalized spacial score (nSPS) is 9.81. The van der Waals surface area contributed by atoms with Gasteiger partial charge in [0.2, 0.25) is 0 Å². The van der Waals surface area contributed by atoms with Gasteiger partial charge in [-0.3, -0.25) is 0 Å². The van der Waals surface area contributed by atoms with Crippen LogP contribution in [0.1, 0.15) is 0 Å². The third-order valence-electron chi connectivity index (χ3n) is 2.31. The Morgan fingerprint density at radius 1 is 1.00 bits per heavy atom. The molecule has 16 heavy (non-hydrogen) atoms. The number of anilines is 1.